The molecule has 0 amide bonds. The van der Waals surface area contributed by atoms with E-state index in [1.54, 1.807) is 30.3 Å². The number of sulfonamides is 1. The van der Waals surface area contributed by atoms with E-state index in [4.69, 9.17) is 5.11 Å². The van der Waals surface area contributed by atoms with Crippen molar-refractivity contribution >= 4 is 21.8 Å². The smallest absolute Gasteiger partial charge is 0.417 e. The maximum atomic E-state index is 13.6. The Kier molecular flexibility index (Phi) is 5.87. The molecule has 1 aliphatic rings. The molecule has 0 atom stereocenters. The number of nitrogens with zero attached hydrogens (tertiary/aromatic N) is 2. The lowest BCUT2D eigenvalue weighted by Crippen LogP contribution is -2.32. The molecule has 6 nitrogen and oxygen atoms in total. The van der Waals surface area contributed by atoms with Gasteiger partial charge in [0.05, 0.1) is 22.6 Å². The number of rotatable bonds is 7. The van der Waals surface area contributed by atoms with E-state index < -0.39 is 27.7 Å². The van der Waals surface area contributed by atoms with Gasteiger partial charge in [0.15, 0.2) is 0 Å². The summed E-state index contributed by atoms with van der Waals surface area (Å²) in [6.45, 7) is -0.151. The first-order chi connectivity index (χ1) is 15.6. The van der Waals surface area contributed by atoms with Crippen LogP contribution in [-0.2, 0) is 22.7 Å². The lowest BCUT2D eigenvalue weighted by Gasteiger charge is -2.26. The molecule has 1 aliphatic carbocycles. The third kappa shape index (κ3) is 4.85. The standard InChI is InChI=1S/C23H19F3N2O4S/c24-23(25,26)18-12-20(16-6-7-16)21(27-13-18)28(14-15-4-2-1-3-5-15)33(31,32)19-10-8-17(9-11-19)22(29)30/h1-5,8-13,16H,6-7,14H2,(H,29,30). The summed E-state index contributed by atoms with van der Waals surface area (Å²) in [6, 6.07) is 14.3. The van der Waals surface area contributed by atoms with Crippen molar-refractivity contribution in [2.24, 2.45) is 0 Å². The Balaban J connectivity index is 1.85. The van der Waals surface area contributed by atoms with Crippen LogP contribution in [0.2, 0.25) is 0 Å². The molecule has 0 aliphatic heterocycles. The van der Waals surface area contributed by atoms with Crippen molar-refractivity contribution in [3.05, 3.63) is 89.1 Å². The monoisotopic (exact) mass is 476 g/mol. The van der Waals surface area contributed by atoms with E-state index in [9.17, 15) is 26.4 Å². The molecule has 0 unspecified atom stereocenters. The van der Waals surface area contributed by atoms with E-state index in [-0.39, 0.29) is 34.3 Å². The minimum atomic E-state index is -4.61. The van der Waals surface area contributed by atoms with Crippen LogP contribution < -0.4 is 4.31 Å². The van der Waals surface area contributed by atoms with Crippen LogP contribution >= 0.6 is 0 Å². The first-order valence-corrected chi connectivity index (χ1v) is 11.5. The highest BCUT2D eigenvalue weighted by molar-refractivity contribution is 7.92. The summed E-state index contributed by atoms with van der Waals surface area (Å²) >= 11 is 0. The van der Waals surface area contributed by atoms with Gasteiger partial charge in [-0.2, -0.15) is 13.2 Å². The Bertz CT molecular complexity index is 1270. The fourth-order valence-corrected chi connectivity index (χ4v) is 4.89. The van der Waals surface area contributed by atoms with E-state index in [1.807, 2.05) is 0 Å². The van der Waals surface area contributed by atoms with Crippen LogP contribution in [0.15, 0.2) is 71.8 Å². The van der Waals surface area contributed by atoms with Crippen molar-refractivity contribution in [1.82, 2.24) is 4.98 Å². The molecule has 1 saturated carbocycles. The molecule has 0 bridgehead atoms. The summed E-state index contributed by atoms with van der Waals surface area (Å²) in [5.74, 6) is -1.48. The Hall–Kier alpha value is -3.40. The first kappa shape index (κ1) is 22.8. The minimum Gasteiger partial charge on any atom is -0.478 e. The summed E-state index contributed by atoms with van der Waals surface area (Å²) < 4.78 is 68.2. The molecule has 0 radical (unpaired) electrons. The number of aromatic nitrogens is 1. The topological polar surface area (TPSA) is 87.6 Å². The predicted octanol–water partition coefficient (Wildman–Crippen LogP) is 5.07. The molecule has 0 saturated heterocycles. The fourth-order valence-electron chi connectivity index (χ4n) is 3.45. The number of carboxylic acids is 1. The summed E-state index contributed by atoms with van der Waals surface area (Å²) in [7, 11) is -4.27. The lowest BCUT2D eigenvalue weighted by molar-refractivity contribution is -0.137. The van der Waals surface area contributed by atoms with E-state index in [1.165, 1.54) is 0 Å². The second kappa shape index (κ2) is 8.51. The van der Waals surface area contributed by atoms with Gasteiger partial charge in [0, 0.05) is 6.20 Å². The average Bonchev–Trinajstić information content (AvgIpc) is 3.62. The van der Waals surface area contributed by atoms with Crippen LogP contribution in [0.1, 0.15) is 45.8 Å². The molecule has 3 aromatic rings. The van der Waals surface area contributed by atoms with Crippen LogP contribution in [0.25, 0.3) is 0 Å². The van der Waals surface area contributed by atoms with Crippen molar-refractivity contribution in [2.75, 3.05) is 4.31 Å². The van der Waals surface area contributed by atoms with Crippen molar-refractivity contribution < 1.29 is 31.5 Å². The van der Waals surface area contributed by atoms with Gasteiger partial charge in [0.2, 0.25) is 0 Å². The van der Waals surface area contributed by atoms with E-state index in [0.29, 0.717) is 24.6 Å². The van der Waals surface area contributed by atoms with E-state index >= 15 is 0 Å². The zero-order valence-corrected chi connectivity index (χ0v) is 18.0. The average molecular weight is 476 g/mol. The Morgan fingerprint density at radius 2 is 1.70 bits per heavy atom. The highest BCUT2D eigenvalue weighted by Crippen LogP contribution is 2.46. The van der Waals surface area contributed by atoms with Crippen molar-refractivity contribution in [1.29, 1.82) is 0 Å². The number of aromatic carboxylic acids is 1. The lowest BCUT2D eigenvalue weighted by atomic mass is 10.1. The number of benzene rings is 2. The van der Waals surface area contributed by atoms with Gasteiger partial charge in [-0.15, -0.1) is 0 Å². The molecule has 2 aromatic carbocycles. The zero-order valence-electron chi connectivity index (χ0n) is 17.2. The van der Waals surface area contributed by atoms with Crippen molar-refractivity contribution in [3.63, 3.8) is 0 Å². The number of pyridine rings is 1. The number of halogens is 3. The molecule has 1 N–H and O–H groups in total. The van der Waals surface area contributed by atoms with Gasteiger partial charge in [-0.1, -0.05) is 30.3 Å². The Morgan fingerprint density at radius 3 is 2.24 bits per heavy atom. The Morgan fingerprint density at radius 1 is 1.06 bits per heavy atom. The predicted molar refractivity (Wildman–Crippen MR) is 114 cm³/mol. The van der Waals surface area contributed by atoms with Gasteiger partial charge in [-0.25, -0.2) is 22.5 Å². The summed E-state index contributed by atoms with van der Waals surface area (Å²) in [5, 5.41) is 9.09. The number of carbonyl (C=O) groups is 1. The molecule has 33 heavy (non-hydrogen) atoms. The molecule has 172 valence electrons. The first-order valence-electron chi connectivity index (χ1n) is 10.0. The minimum absolute atomic E-state index is 0.0586. The molecule has 1 aromatic heterocycles. The second-order valence-corrected chi connectivity index (χ2v) is 9.60. The third-order valence-electron chi connectivity index (χ3n) is 5.33. The number of hydrogen-bond donors (Lipinski definition) is 1. The van der Waals surface area contributed by atoms with Gasteiger partial charge in [-0.3, -0.25) is 0 Å². The molecule has 4 rings (SSSR count). The van der Waals surface area contributed by atoms with Gasteiger partial charge in [0.1, 0.15) is 5.82 Å². The van der Waals surface area contributed by atoms with Gasteiger partial charge >= 0.3 is 12.1 Å². The van der Waals surface area contributed by atoms with Crippen LogP contribution in [0, 0.1) is 0 Å². The zero-order chi connectivity index (χ0) is 23.8. The highest BCUT2D eigenvalue weighted by Gasteiger charge is 2.38. The third-order valence-corrected chi connectivity index (χ3v) is 7.08. The Labute approximate surface area is 188 Å². The molecule has 1 fully saturated rings. The van der Waals surface area contributed by atoms with E-state index in [0.717, 1.165) is 34.6 Å². The fraction of sp³-hybridized carbons (Fsp3) is 0.217. The molecule has 1 heterocycles. The van der Waals surface area contributed by atoms with E-state index in [2.05, 4.69) is 4.98 Å². The summed E-state index contributed by atoms with van der Waals surface area (Å²) in [4.78, 5) is 14.9. The molecule has 10 heteroatoms. The normalized spacial score (nSPS) is 14.2. The number of anilines is 1. The van der Waals surface area contributed by atoms with Gasteiger partial charge in [-0.05, 0) is 60.2 Å². The largest absolute Gasteiger partial charge is 0.478 e. The molecule has 0 spiro atoms. The quantitative estimate of drug-likeness (QED) is 0.514. The van der Waals surface area contributed by atoms with Crippen LogP contribution in [0.5, 0.6) is 0 Å². The SMILES string of the molecule is O=C(O)c1ccc(S(=O)(=O)N(Cc2ccccc2)c2ncc(C(F)(F)F)cc2C2CC2)cc1. The van der Waals surface area contributed by atoms with Gasteiger partial charge < -0.3 is 5.11 Å². The van der Waals surface area contributed by atoms with Crippen LogP contribution in [0.3, 0.4) is 0 Å². The summed E-state index contributed by atoms with van der Waals surface area (Å²) in [6.07, 6.45) is -2.68. The second-order valence-electron chi connectivity index (χ2n) is 7.74. The summed E-state index contributed by atoms with van der Waals surface area (Å²) in [5.41, 5.74) is -0.177. The molecular formula is C23H19F3N2O4S. The van der Waals surface area contributed by atoms with Crippen molar-refractivity contribution in [3.8, 4) is 0 Å². The van der Waals surface area contributed by atoms with Crippen molar-refractivity contribution in [2.45, 2.75) is 36.4 Å². The highest BCUT2D eigenvalue weighted by atomic mass is 32.2. The number of hydrogen-bond acceptors (Lipinski definition) is 4. The molecular weight excluding hydrogens is 457 g/mol. The van der Waals surface area contributed by atoms with Crippen LogP contribution in [0.4, 0.5) is 19.0 Å². The number of carboxylic acid groups (broad SMARTS) is 1. The van der Waals surface area contributed by atoms with Crippen LogP contribution in [-0.4, -0.2) is 24.5 Å². The number of alkyl halides is 3. The maximum absolute atomic E-state index is 13.6. The maximum Gasteiger partial charge on any atom is 0.417 e. The van der Waals surface area contributed by atoms with Gasteiger partial charge in [0.25, 0.3) is 10.0 Å².